The van der Waals surface area contributed by atoms with Crippen molar-refractivity contribution in [3.63, 3.8) is 0 Å². The average Bonchev–Trinajstić information content (AvgIpc) is 3.23. The van der Waals surface area contributed by atoms with Gasteiger partial charge in [0.1, 0.15) is 16.3 Å². The monoisotopic (exact) mass is 477 g/mol. The van der Waals surface area contributed by atoms with Crippen LogP contribution in [0, 0.1) is 0 Å². The summed E-state index contributed by atoms with van der Waals surface area (Å²) < 4.78 is 2.42. The Kier molecular flexibility index (Phi) is 5.55. The Morgan fingerprint density at radius 1 is 1.31 bits per heavy atom. The Balaban J connectivity index is 1.38. The van der Waals surface area contributed by atoms with Crippen LogP contribution in [0.15, 0.2) is 21.5 Å². The number of hydrazine groups is 1. The predicted octanol–water partition coefficient (Wildman–Crippen LogP) is 2.36. The summed E-state index contributed by atoms with van der Waals surface area (Å²) in [5.74, 6) is -0.294. The van der Waals surface area contributed by atoms with Crippen LogP contribution in [0.25, 0.3) is 10.2 Å². The van der Waals surface area contributed by atoms with Crippen molar-refractivity contribution in [2.75, 3.05) is 0 Å². The largest absolute Gasteiger partial charge is 0.345 e. The van der Waals surface area contributed by atoms with Crippen LogP contribution < -0.4 is 16.4 Å². The first kappa shape index (κ1) is 19.8. The number of halogens is 1. The molecule has 2 amide bonds. The molecule has 1 aliphatic rings. The van der Waals surface area contributed by atoms with E-state index in [0.717, 1.165) is 40.5 Å². The second-order valence-electron chi connectivity index (χ2n) is 7.06. The van der Waals surface area contributed by atoms with E-state index in [1.165, 1.54) is 4.88 Å². The molecule has 0 bridgehead atoms. The molecule has 0 atom stereocenters. The summed E-state index contributed by atoms with van der Waals surface area (Å²) in [7, 11) is 1.74. The summed E-state index contributed by atoms with van der Waals surface area (Å²) in [6.45, 7) is 0. The van der Waals surface area contributed by atoms with Crippen molar-refractivity contribution in [3.8, 4) is 0 Å². The topological polar surface area (TPSA) is 109 Å². The van der Waals surface area contributed by atoms with Crippen molar-refractivity contribution in [1.29, 1.82) is 0 Å². The number of rotatable bonds is 4. The zero-order valence-electron chi connectivity index (χ0n) is 15.8. The maximum absolute atomic E-state index is 12.5. The Morgan fingerprint density at radius 2 is 2.10 bits per heavy atom. The number of nitrogens with one attached hydrogen (secondary N) is 3. The molecule has 3 aromatic rings. The molecular weight excluding hydrogens is 458 g/mol. The van der Waals surface area contributed by atoms with Gasteiger partial charge in [0.2, 0.25) is 5.91 Å². The maximum atomic E-state index is 12.5. The van der Waals surface area contributed by atoms with Crippen LogP contribution in [0.1, 0.15) is 46.0 Å². The smallest absolute Gasteiger partial charge is 0.286 e. The molecule has 0 aliphatic heterocycles. The Morgan fingerprint density at radius 3 is 2.86 bits per heavy atom. The number of aromatic nitrogens is 3. The SMILES string of the molecule is Cn1cc(Br)cc1C(=O)NNC(=O)CCc1nc2sc3c(c2c(=O)[nH]1)CCCC3. The summed E-state index contributed by atoms with van der Waals surface area (Å²) in [5, 5.41) is 0.707. The lowest BCUT2D eigenvalue weighted by Crippen LogP contribution is -2.42. The van der Waals surface area contributed by atoms with Crippen LogP contribution in [0.5, 0.6) is 0 Å². The van der Waals surface area contributed by atoms with Gasteiger partial charge in [0.05, 0.1) is 5.39 Å². The van der Waals surface area contributed by atoms with E-state index in [0.29, 0.717) is 16.9 Å². The van der Waals surface area contributed by atoms with E-state index >= 15 is 0 Å². The van der Waals surface area contributed by atoms with Gasteiger partial charge in [-0.15, -0.1) is 11.3 Å². The van der Waals surface area contributed by atoms with E-state index < -0.39 is 5.91 Å². The zero-order chi connectivity index (χ0) is 20.5. The molecular formula is C19H20BrN5O3S. The van der Waals surface area contributed by atoms with Gasteiger partial charge in [-0.2, -0.15) is 0 Å². The van der Waals surface area contributed by atoms with Gasteiger partial charge in [-0.05, 0) is 53.2 Å². The molecule has 0 aromatic carbocycles. The van der Waals surface area contributed by atoms with Crippen LogP contribution in [-0.2, 0) is 31.1 Å². The van der Waals surface area contributed by atoms with Gasteiger partial charge in [-0.25, -0.2) is 4.98 Å². The highest BCUT2D eigenvalue weighted by molar-refractivity contribution is 9.10. The summed E-state index contributed by atoms with van der Waals surface area (Å²) >= 11 is 4.88. The summed E-state index contributed by atoms with van der Waals surface area (Å²) in [6, 6.07) is 1.66. The van der Waals surface area contributed by atoms with Crippen LogP contribution in [0.2, 0.25) is 0 Å². The second kappa shape index (κ2) is 8.11. The number of aromatic amines is 1. The minimum Gasteiger partial charge on any atom is -0.345 e. The lowest BCUT2D eigenvalue weighted by molar-refractivity contribution is -0.121. The Hall–Kier alpha value is -2.46. The molecule has 4 rings (SSSR count). The normalized spacial score (nSPS) is 13.3. The van der Waals surface area contributed by atoms with E-state index in [9.17, 15) is 14.4 Å². The van der Waals surface area contributed by atoms with Crippen LogP contribution >= 0.6 is 27.3 Å². The first-order valence-corrected chi connectivity index (χ1v) is 11.0. The number of thiophene rings is 1. The molecule has 3 heterocycles. The summed E-state index contributed by atoms with van der Waals surface area (Å²) in [4.78, 5) is 46.1. The molecule has 10 heteroatoms. The molecule has 0 saturated heterocycles. The molecule has 0 unspecified atom stereocenters. The second-order valence-corrected chi connectivity index (χ2v) is 9.06. The van der Waals surface area contributed by atoms with Crippen molar-refractivity contribution in [3.05, 3.63) is 49.0 Å². The third-order valence-corrected chi connectivity index (χ3v) is 6.60. The average molecular weight is 478 g/mol. The third-order valence-electron chi connectivity index (χ3n) is 4.98. The quantitative estimate of drug-likeness (QED) is 0.501. The number of nitrogens with zero attached hydrogens (tertiary/aromatic N) is 2. The molecule has 0 saturated carbocycles. The predicted molar refractivity (Wildman–Crippen MR) is 114 cm³/mol. The van der Waals surface area contributed by atoms with Gasteiger partial charge in [0.25, 0.3) is 11.5 Å². The Bertz CT molecular complexity index is 1160. The van der Waals surface area contributed by atoms with E-state index in [2.05, 4.69) is 36.7 Å². The first-order chi connectivity index (χ1) is 13.9. The summed E-state index contributed by atoms with van der Waals surface area (Å²) in [6.07, 6.45) is 6.31. The fourth-order valence-corrected chi connectivity index (χ4v) is 5.37. The number of hydrogen-bond acceptors (Lipinski definition) is 5. The maximum Gasteiger partial charge on any atom is 0.286 e. The van der Waals surface area contributed by atoms with Gasteiger partial charge < -0.3 is 9.55 Å². The van der Waals surface area contributed by atoms with Crippen molar-refractivity contribution >= 4 is 49.3 Å². The van der Waals surface area contributed by atoms with Gasteiger partial charge in [-0.1, -0.05) is 0 Å². The molecule has 0 spiro atoms. The van der Waals surface area contributed by atoms with Gasteiger partial charge in [0, 0.05) is 35.4 Å². The lowest BCUT2D eigenvalue weighted by atomic mass is 9.97. The molecule has 0 radical (unpaired) electrons. The van der Waals surface area contributed by atoms with Gasteiger partial charge in [0.15, 0.2) is 0 Å². The minimum absolute atomic E-state index is 0.0939. The zero-order valence-corrected chi connectivity index (χ0v) is 18.2. The molecule has 3 N–H and O–H groups in total. The number of fused-ring (bicyclic) bond motifs is 3. The van der Waals surface area contributed by atoms with Gasteiger partial charge >= 0.3 is 0 Å². The molecule has 29 heavy (non-hydrogen) atoms. The molecule has 8 nitrogen and oxygen atoms in total. The van der Waals surface area contributed by atoms with E-state index in [1.54, 1.807) is 35.2 Å². The van der Waals surface area contributed by atoms with Crippen LogP contribution in [-0.4, -0.2) is 26.3 Å². The number of aryl methyl sites for hydroxylation is 4. The van der Waals surface area contributed by atoms with E-state index in [-0.39, 0.29) is 24.3 Å². The first-order valence-electron chi connectivity index (χ1n) is 9.37. The van der Waals surface area contributed by atoms with Crippen molar-refractivity contribution in [2.24, 2.45) is 7.05 Å². The van der Waals surface area contributed by atoms with Gasteiger partial charge in [-0.3, -0.25) is 25.2 Å². The fourth-order valence-electron chi connectivity index (χ4n) is 3.56. The van der Waals surface area contributed by atoms with Crippen molar-refractivity contribution in [2.45, 2.75) is 38.5 Å². The molecule has 1 aliphatic carbocycles. The number of amides is 2. The minimum atomic E-state index is -0.413. The lowest BCUT2D eigenvalue weighted by Gasteiger charge is -2.09. The van der Waals surface area contributed by atoms with Crippen LogP contribution in [0.3, 0.4) is 0 Å². The highest BCUT2D eigenvalue weighted by Crippen LogP contribution is 2.33. The van der Waals surface area contributed by atoms with Crippen LogP contribution in [0.4, 0.5) is 0 Å². The molecule has 152 valence electrons. The van der Waals surface area contributed by atoms with E-state index in [4.69, 9.17) is 0 Å². The van der Waals surface area contributed by atoms with E-state index in [1.807, 2.05) is 0 Å². The molecule has 0 fully saturated rings. The third kappa shape index (κ3) is 4.13. The van der Waals surface area contributed by atoms with Crippen molar-refractivity contribution < 1.29 is 9.59 Å². The number of carbonyl (C=O) groups excluding carboxylic acids is 2. The molecule has 3 aromatic heterocycles. The fraction of sp³-hybridized carbons (Fsp3) is 0.368. The highest BCUT2D eigenvalue weighted by Gasteiger charge is 2.20. The number of hydrogen-bond donors (Lipinski definition) is 3. The number of carbonyl (C=O) groups is 2. The standard InChI is InChI=1S/C19H20BrN5O3S/c1-25-9-10(20)8-12(25)17(27)24-23-15(26)7-6-14-21-18(28)16-11-4-2-3-5-13(11)29-19(16)22-14/h8-9H,2-7H2,1H3,(H,23,26)(H,24,27)(H,21,22,28). The summed E-state index contributed by atoms with van der Waals surface area (Å²) in [5.41, 5.74) is 6.21. The van der Waals surface area contributed by atoms with Crippen molar-refractivity contribution in [1.82, 2.24) is 25.4 Å². The highest BCUT2D eigenvalue weighted by atomic mass is 79.9. The number of H-pyrrole nitrogens is 1. The Labute approximate surface area is 178 Å².